The smallest absolute Gasteiger partial charge is 0.237 e. The second-order valence-corrected chi connectivity index (χ2v) is 2.53. The van der Waals surface area contributed by atoms with Gasteiger partial charge in [0.1, 0.15) is 5.75 Å². The van der Waals surface area contributed by atoms with E-state index in [1.54, 1.807) is 12.1 Å². The quantitative estimate of drug-likeness (QED) is 0.437. The number of nitrogens with zero attached hydrogens (tertiary/aromatic N) is 1. The molecule has 1 atom stereocenters. The summed E-state index contributed by atoms with van der Waals surface area (Å²) in [6.07, 6.45) is -0.381. The molecule has 0 saturated heterocycles. The minimum absolute atomic E-state index is 0.0233. The summed E-state index contributed by atoms with van der Waals surface area (Å²) in [4.78, 5) is 12.6. The first-order valence-electron chi connectivity index (χ1n) is 3.71. The van der Waals surface area contributed by atoms with Crippen LogP contribution in [0, 0.1) is 0 Å². The highest BCUT2D eigenvalue weighted by Crippen LogP contribution is 2.12. The molecule has 1 N–H and O–H groups in total. The van der Waals surface area contributed by atoms with Crippen molar-refractivity contribution >= 4 is 6.08 Å². The molecule has 0 amide bonds. The van der Waals surface area contributed by atoms with Crippen LogP contribution in [0.25, 0.3) is 0 Å². The van der Waals surface area contributed by atoms with Gasteiger partial charge < -0.3 is 5.11 Å². The zero-order valence-corrected chi connectivity index (χ0v) is 6.77. The third-order valence-corrected chi connectivity index (χ3v) is 1.53. The van der Waals surface area contributed by atoms with Gasteiger partial charge in [-0.15, -0.1) is 0 Å². The summed E-state index contributed by atoms with van der Waals surface area (Å²) >= 11 is 0. The molecule has 1 rings (SSSR count). The van der Waals surface area contributed by atoms with Crippen LogP contribution in [0.4, 0.5) is 4.39 Å². The van der Waals surface area contributed by atoms with Gasteiger partial charge in [-0.2, -0.15) is 4.99 Å². The lowest BCUT2D eigenvalue weighted by Gasteiger charge is -2.00. The maximum Gasteiger partial charge on any atom is 0.237 e. The van der Waals surface area contributed by atoms with Crippen LogP contribution in [0.3, 0.4) is 0 Å². The molecule has 0 aliphatic rings. The van der Waals surface area contributed by atoms with Crippen molar-refractivity contribution in [1.82, 2.24) is 0 Å². The number of carbonyl (C=O) groups excluding carboxylic acids is 1. The van der Waals surface area contributed by atoms with Crippen molar-refractivity contribution in [2.75, 3.05) is 0 Å². The molecule has 0 radical (unpaired) electrons. The number of halogens is 1. The number of hydrogen-bond donors (Lipinski definition) is 1. The predicted octanol–water partition coefficient (Wildman–Crippen LogP) is 1.57. The van der Waals surface area contributed by atoms with E-state index in [2.05, 4.69) is 4.99 Å². The van der Waals surface area contributed by atoms with Gasteiger partial charge >= 0.3 is 0 Å². The number of hydrogen-bond acceptors (Lipinski definition) is 3. The van der Waals surface area contributed by atoms with Crippen molar-refractivity contribution in [3.8, 4) is 5.75 Å². The van der Waals surface area contributed by atoms with Gasteiger partial charge in [-0.05, 0) is 17.7 Å². The average molecular weight is 181 g/mol. The molecule has 13 heavy (non-hydrogen) atoms. The summed E-state index contributed by atoms with van der Waals surface area (Å²) in [6.45, 7) is 0. The molecule has 0 fully saturated rings. The molecule has 0 bridgehead atoms. The Morgan fingerprint density at radius 1 is 1.46 bits per heavy atom. The van der Waals surface area contributed by atoms with Gasteiger partial charge in [0.25, 0.3) is 0 Å². The number of isocyanates is 1. The Labute approximate surface area is 74.5 Å². The van der Waals surface area contributed by atoms with Gasteiger partial charge in [-0.25, -0.2) is 9.18 Å². The third kappa shape index (κ3) is 3.05. The number of phenols is 1. The molecule has 1 aromatic carbocycles. The van der Waals surface area contributed by atoms with Crippen molar-refractivity contribution in [3.63, 3.8) is 0 Å². The van der Waals surface area contributed by atoms with Crippen molar-refractivity contribution in [2.24, 2.45) is 4.99 Å². The number of benzene rings is 1. The molecule has 0 saturated carbocycles. The summed E-state index contributed by atoms with van der Waals surface area (Å²) in [5, 5.41) is 8.91. The van der Waals surface area contributed by atoms with Crippen molar-refractivity contribution in [3.05, 3.63) is 29.8 Å². The van der Waals surface area contributed by atoms with Crippen LogP contribution in [0.1, 0.15) is 5.56 Å². The fraction of sp³-hybridized carbons (Fsp3) is 0.222. The molecule has 3 nitrogen and oxygen atoms in total. The fourth-order valence-electron chi connectivity index (χ4n) is 0.929. The molecule has 0 aromatic heterocycles. The number of alkyl halides is 1. The maximum absolute atomic E-state index is 12.7. The molecule has 0 aliphatic heterocycles. The molecular formula is C9H8FNO2. The van der Waals surface area contributed by atoms with E-state index in [4.69, 9.17) is 5.11 Å². The van der Waals surface area contributed by atoms with Gasteiger partial charge in [0.2, 0.25) is 12.4 Å². The van der Waals surface area contributed by atoms with Gasteiger partial charge in [0.15, 0.2) is 0 Å². The van der Waals surface area contributed by atoms with Crippen molar-refractivity contribution in [2.45, 2.75) is 12.7 Å². The van der Waals surface area contributed by atoms with E-state index in [0.29, 0.717) is 5.56 Å². The highest BCUT2D eigenvalue weighted by atomic mass is 19.1. The van der Waals surface area contributed by atoms with Crippen LogP contribution in [-0.4, -0.2) is 17.5 Å². The second kappa shape index (κ2) is 4.38. The van der Waals surface area contributed by atoms with Crippen LogP contribution in [0.5, 0.6) is 5.75 Å². The second-order valence-electron chi connectivity index (χ2n) is 2.53. The minimum Gasteiger partial charge on any atom is -0.508 e. The van der Waals surface area contributed by atoms with Crippen molar-refractivity contribution in [1.29, 1.82) is 0 Å². The van der Waals surface area contributed by atoms with E-state index in [1.807, 2.05) is 0 Å². The number of aromatic hydroxyl groups is 1. The standard InChI is InChI=1S/C9H8FNO2/c10-9(11-6-12)5-7-1-3-8(13)4-2-7/h1-4,9,13H,5H2. The molecule has 1 aromatic rings. The Bertz CT molecular complexity index is 317. The van der Waals surface area contributed by atoms with Crippen LogP contribution in [0.2, 0.25) is 0 Å². The molecular weight excluding hydrogens is 173 g/mol. The Morgan fingerprint density at radius 2 is 2.08 bits per heavy atom. The van der Waals surface area contributed by atoms with Crippen molar-refractivity contribution < 1.29 is 14.3 Å². The maximum atomic E-state index is 12.7. The van der Waals surface area contributed by atoms with Crippen LogP contribution >= 0.6 is 0 Å². The topological polar surface area (TPSA) is 49.7 Å². The van der Waals surface area contributed by atoms with Gasteiger partial charge in [0.05, 0.1) is 0 Å². The average Bonchev–Trinajstić information content (AvgIpc) is 2.09. The van der Waals surface area contributed by atoms with E-state index < -0.39 is 6.30 Å². The highest BCUT2D eigenvalue weighted by Gasteiger charge is 2.04. The van der Waals surface area contributed by atoms with E-state index in [-0.39, 0.29) is 12.2 Å². The van der Waals surface area contributed by atoms with Crippen LogP contribution in [0.15, 0.2) is 29.3 Å². The molecule has 0 aliphatic carbocycles. The van der Waals surface area contributed by atoms with E-state index in [1.165, 1.54) is 12.1 Å². The zero-order valence-electron chi connectivity index (χ0n) is 6.77. The monoisotopic (exact) mass is 181 g/mol. The summed E-state index contributed by atoms with van der Waals surface area (Å²) in [5.74, 6) is 0.123. The Kier molecular flexibility index (Phi) is 3.17. The van der Waals surface area contributed by atoms with Gasteiger partial charge in [-0.3, -0.25) is 0 Å². The van der Waals surface area contributed by atoms with Gasteiger partial charge in [0, 0.05) is 6.42 Å². The first kappa shape index (κ1) is 9.42. The van der Waals surface area contributed by atoms with E-state index in [0.717, 1.165) is 6.08 Å². The van der Waals surface area contributed by atoms with Crippen LogP contribution < -0.4 is 0 Å². The summed E-state index contributed by atoms with van der Waals surface area (Å²) in [7, 11) is 0. The SMILES string of the molecule is O=C=NC(F)Cc1ccc(O)cc1. The minimum atomic E-state index is -1.55. The number of rotatable bonds is 3. The molecule has 4 heteroatoms. The predicted molar refractivity (Wildman–Crippen MR) is 44.8 cm³/mol. The van der Waals surface area contributed by atoms with Gasteiger partial charge in [-0.1, -0.05) is 12.1 Å². The Morgan fingerprint density at radius 3 is 2.62 bits per heavy atom. The molecule has 0 heterocycles. The molecule has 1 unspecified atom stereocenters. The largest absolute Gasteiger partial charge is 0.508 e. The summed E-state index contributed by atoms with van der Waals surface area (Å²) in [6, 6.07) is 6.05. The van der Waals surface area contributed by atoms with E-state index in [9.17, 15) is 9.18 Å². The first-order valence-corrected chi connectivity index (χ1v) is 3.71. The zero-order chi connectivity index (χ0) is 9.68. The number of phenolic OH excluding ortho intramolecular Hbond substituents is 1. The molecule has 68 valence electrons. The highest BCUT2D eigenvalue weighted by molar-refractivity contribution is 5.33. The lowest BCUT2D eigenvalue weighted by molar-refractivity contribution is 0.343. The first-order chi connectivity index (χ1) is 6.22. The lowest BCUT2D eigenvalue weighted by atomic mass is 10.1. The van der Waals surface area contributed by atoms with Crippen LogP contribution in [-0.2, 0) is 11.2 Å². The third-order valence-electron chi connectivity index (χ3n) is 1.53. The summed E-state index contributed by atoms with van der Waals surface area (Å²) in [5.41, 5.74) is 0.671. The summed E-state index contributed by atoms with van der Waals surface area (Å²) < 4.78 is 12.7. The Hall–Kier alpha value is -1.67. The molecule has 0 spiro atoms. The lowest BCUT2D eigenvalue weighted by Crippen LogP contribution is -1.99. The fourth-order valence-corrected chi connectivity index (χ4v) is 0.929. The van der Waals surface area contributed by atoms with E-state index >= 15 is 0 Å². The Balaban J connectivity index is 2.64. The number of aliphatic imine (C=N–C) groups is 1. The normalized spacial score (nSPS) is 11.8.